The Kier molecular flexibility index (Phi) is 7.05. The number of hydrogen-bond acceptors (Lipinski definition) is 8. The fourth-order valence-corrected chi connectivity index (χ4v) is 4.64. The number of pyridine rings is 1. The molecule has 0 atom stereocenters. The summed E-state index contributed by atoms with van der Waals surface area (Å²) in [6.07, 6.45) is 3.52. The smallest absolute Gasteiger partial charge is 0.342 e. The van der Waals surface area contributed by atoms with Gasteiger partial charge in [0.05, 0.1) is 18.8 Å². The number of ether oxygens (including phenoxy) is 1. The number of aromatic nitrogens is 4. The molecule has 0 saturated carbocycles. The molecule has 0 amide bonds. The molecule has 8 heteroatoms. The summed E-state index contributed by atoms with van der Waals surface area (Å²) in [4.78, 5) is 22.2. The Balaban J connectivity index is 1.56. The Morgan fingerprint density at radius 2 is 1.64 bits per heavy atom. The van der Waals surface area contributed by atoms with E-state index in [9.17, 15) is 4.79 Å². The Labute approximate surface area is 212 Å². The number of rotatable bonds is 8. The van der Waals surface area contributed by atoms with E-state index in [0.717, 1.165) is 27.4 Å². The van der Waals surface area contributed by atoms with Gasteiger partial charge in [0.15, 0.2) is 5.82 Å². The van der Waals surface area contributed by atoms with Crippen LogP contribution in [0.15, 0.2) is 90.6 Å². The first kappa shape index (κ1) is 23.3. The monoisotopic (exact) mass is 493 g/mol. The molecule has 0 saturated heterocycles. The van der Waals surface area contributed by atoms with Crippen molar-refractivity contribution in [1.82, 2.24) is 20.2 Å². The minimum absolute atomic E-state index is 0.246. The van der Waals surface area contributed by atoms with Gasteiger partial charge in [0, 0.05) is 34.5 Å². The van der Waals surface area contributed by atoms with E-state index < -0.39 is 5.97 Å². The predicted octanol–water partition coefficient (Wildman–Crippen LogP) is 6.12. The third-order valence-electron chi connectivity index (χ3n) is 5.46. The van der Waals surface area contributed by atoms with Crippen molar-refractivity contribution < 1.29 is 9.53 Å². The number of nitrogens with zero attached hydrogens (tertiary/aromatic N) is 4. The molecule has 0 bridgehead atoms. The van der Waals surface area contributed by atoms with Gasteiger partial charge < -0.3 is 10.1 Å². The van der Waals surface area contributed by atoms with Gasteiger partial charge in [-0.05, 0) is 24.6 Å². The highest BCUT2D eigenvalue weighted by Crippen LogP contribution is 2.36. The first-order valence-electron chi connectivity index (χ1n) is 11.5. The molecule has 3 heterocycles. The lowest BCUT2D eigenvalue weighted by molar-refractivity contribution is 0.0528. The Hall–Kier alpha value is -4.43. The molecule has 1 N–H and O–H groups in total. The molecule has 0 aliphatic rings. The summed E-state index contributed by atoms with van der Waals surface area (Å²) in [7, 11) is 0. The van der Waals surface area contributed by atoms with Crippen molar-refractivity contribution in [2.24, 2.45) is 0 Å². The first-order valence-corrected chi connectivity index (χ1v) is 12.4. The van der Waals surface area contributed by atoms with Crippen LogP contribution >= 0.6 is 11.3 Å². The van der Waals surface area contributed by atoms with Gasteiger partial charge >= 0.3 is 5.97 Å². The molecule has 0 radical (unpaired) electrons. The minimum atomic E-state index is -0.458. The van der Waals surface area contributed by atoms with Crippen molar-refractivity contribution >= 4 is 23.1 Å². The van der Waals surface area contributed by atoms with Gasteiger partial charge in [-0.1, -0.05) is 60.7 Å². The van der Waals surface area contributed by atoms with Gasteiger partial charge in [0.1, 0.15) is 16.3 Å². The average Bonchev–Trinajstić information content (AvgIpc) is 3.42. The molecule has 178 valence electrons. The molecule has 0 aliphatic heterocycles. The summed E-state index contributed by atoms with van der Waals surface area (Å²) in [5, 5.41) is 15.1. The average molecular weight is 494 g/mol. The topological polar surface area (TPSA) is 89.9 Å². The molecule has 7 nitrogen and oxygen atoms in total. The van der Waals surface area contributed by atoms with Crippen LogP contribution in [0.25, 0.3) is 33.0 Å². The summed E-state index contributed by atoms with van der Waals surface area (Å²) < 4.78 is 5.47. The highest BCUT2D eigenvalue weighted by molar-refractivity contribution is 7.13. The summed E-state index contributed by atoms with van der Waals surface area (Å²) >= 11 is 1.54. The van der Waals surface area contributed by atoms with Crippen molar-refractivity contribution in [3.63, 3.8) is 0 Å². The van der Waals surface area contributed by atoms with Gasteiger partial charge in [0.25, 0.3) is 0 Å². The second-order valence-corrected chi connectivity index (χ2v) is 8.70. The van der Waals surface area contributed by atoms with Crippen molar-refractivity contribution in [3.8, 4) is 33.0 Å². The Morgan fingerprint density at radius 1 is 0.917 bits per heavy atom. The van der Waals surface area contributed by atoms with Crippen LogP contribution in [0.1, 0.15) is 23.0 Å². The maximum absolute atomic E-state index is 13.3. The maximum atomic E-state index is 13.3. The number of carbonyl (C=O) groups excluding carboxylic acids is 1. The lowest BCUT2D eigenvalue weighted by Crippen LogP contribution is -2.15. The molecule has 36 heavy (non-hydrogen) atoms. The first-order chi connectivity index (χ1) is 17.7. The SMILES string of the molecule is CCOC(=O)c1c(NCc2csc(-c3cccnc3)n2)nnc(-c2ccccc2)c1-c1ccccc1. The van der Waals surface area contributed by atoms with Crippen LogP contribution in [0, 0.1) is 0 Å². The van der Waals surface area contributed by atoms with E-state index in [1.54, 1.807) is 19.3 Å². The highest BCUT2D eigenvalue weighted by Gasteiger charge is 2.25. The van der Waals surface area contributed by atoms with Crippen LogP contribution in [0.2, 0.25) is 0 Å². The van der Waals surface area contributed by atoms with Crippen molar-refractivity contribution in [1.29, 1.82) is 0 Å². The number of anilines is 1. The largest absolute Gasteiger partial charge is 0.462 e. The Morgan fingerprint density at radius 3 is 2.33 bits per heavy atom. The third kappa shape index (κ3) is 4.99. The fraction of sp³-hybridized carbons (Fsp3) is 0.107. The van der Waals surface area contributed by atoms with E-state index in [-0.39, 0.29) is 6.61 Å². The molecule has 0 aliphatic carbocycles. The zero-order valence-electron chi connectivity index (χ0n) is 19.6. The Bertz CT molecular complexity index is 1460. The zero-order valence-corrected chi connectivity index (χ0v) is 20.4. The van der Waals surface area contributed by atoms with Gasteiger partial charge in [-0.2, -0.15) is 0 Å². The van der Waals surface area contributed by atoms with E-state index >= 15 is 0 Å². The van der Waals surface area contributed by atoms with Crippen LogP contribution in [0.3, 0.4) is 0 Å². The van der Waals surface area contributed by atoms with Crippen LogP contribution in [-0.2, 0) is 11.3 Å². The van der Waals surface area contributed by atoms with E-state index in [0.29, 0.717) is 29.2 Å². The van der Waals surface area contributed by atoms with Crippen molar-refractivity contribution in [2.45, 2.75) is 13.5 Å². The number of esters is 1. The lowest BCUT2D eigenvalue weighted by Gasteiger charge is -2.17. The summed E-state index contributed by atoms with van der Waals surface area (Å²) in [5.41, 5.74) is 5.13. The number of hydrogen-bond donors (Lipinski definition) is 1. The molecule has 5 rings (SSSR count). The number of nitrogens with one attached hydrogen (secondary N) is 1. The van der Waals surface area contributed by atoms with Gasteiger partial charge in [-0.15, -0.1) is 21.5 Å². The normalized spacial score (nSPS) is 10.7. The zero-order chi connectivity index (χ0) is 24.7. The van der Waals surface area contributed by atoms with Gasteiger partial charge in [0.2, 0.25) is 0 Å². The molecule has 0 fully saturated rings. The fourth-order valence-electron chi connectivity index (χ4n) is 3.83. The van der Waals surface area contributed by atoms with Crippen LogP contribution < -0.4 is 5.32 Å². The molecular formula is C28H23N5O2S. The quantitative estimate of drug-likeness (QED) is 0.261. The highest BCUT2D eigenvalue weighted by atomic mass is 32.1. The standard InChI is InChI=1S/C28H23N5O2S/c1-2-35-28(34)24-23(19-10-5-3-6-11-19)25(20-12-7-4-8-13-20)32-33-26(24)30-17-22-18-36-27(31-22)21-14-9-15-29-16-21/h3-16,18H,2,17H2,1H3,(H,30,33). The van der Waals surface area contributed by atoms with Crippen molar-refractivity contribution in [3.05, 3.63) is 102 Å². The number of benzene rings is 2. The molecule has 0 unspecified atom stereocenters. The molecule has 5 aromatic rings. The maximum Gasteiger partial charge on any atom is 0.342 e. The minimum Gasteiger partial charge on any atom is -0.462 e. The predicted molar refractivity (Wildman–Crippen MR) is 142 cm³/mol. The second kappa shape index (κ2) is 10.9. The van der Waals surface area contributed by atoms with E-state index in [4.69, 9.17) is 9.72 Å². The van der Waals surface area contributed by atoms with E-state index in [2.05, 4.69) is 20.5 Å². The number of thiazole rings is 1. The summed E-state index contributed by atoms with van der Waals surface area (Å²) in [5.74, 6) is -0.108. The third-order valence-corrected chi connectivity index (χ3v) is 6.40. The lowest BCUT2D eigenvalue weighted by atomic mass is 9.95. The van der Waals surface area contributed by atoms with Crippen LogP contribution in [-0.4, -0.2) is 32.7 Å². The van der Waals surface area contributed by atoms with Gasteiger partial charge in [-0.25, -0.2) is 9.78 Å². The van der Waals surface area contributed by atoms with Crippen molar-refractivity contribution in [2.75, 3.05) is 11.9 Å². The molecular weight excluding hydrogens is 470 g/mol. The molecule has 0 spiro atoms. The van der Waals surface area contributed by atoms with Gasteiger partial charge in [-0.3, -0.25) is 4.98 Å². The van der Waals surface area contributed by atoms with E-state index in [1.165, 1.54) is 11.3 Å². The number of carbonyl (C=O) groups is 1. The summed E-state index contributed by atoms with van der Waals surface area (Å²) in [6.45, 7) is 2.40. The molecule has 3 aromatic heterocycles. The van der Waals surface area contributed by atoms with E-state index in [1.807, 2.05) is 78.2 Å². The molecule has 2 aromatic carbocycles. The second-order valence-electron chi connectivity index (χ2n) is 7.84. The van der Waals surface area contributed by atoms with Crippen LogP contribution in [0.5, 0.6) is 0 Å². The van der Waals surface area contributed by atoms with Crippen LogP contribution in [0.4, 0.5) is 5.82 Å². The summed E-state index contributed by atoms with van der Waals surface area (Å²) in [6, 6.07) is 23.3.